The molecule has 0 saturated heterocycles. The van der Waals surface area contributed by atoms with Crippen molar-refractivity contribution < 1.29 is 9.59 Å². The van der Waals surface area contributed by atoms with Crippen LogP contribution in [0.2, 0.25) is 0 Å². The van der Waals surface area contributed by atoms with Crippen LogP contribution < -0.4 is 10.6 Å². The number of hydrogen-bond donors (Lipinski definition) is 4. The molecule has 0 aliphatic rings. The lowest BCUT2D eigenvalue weighted by molar-refractivity contribution is -0.114. The average Bonchev–Trinajstić information content (AvgIpc) is 3.25. The van der Waals surface area contributed by atoms with E-state index < -0.39 is 0 Å². The van der Waals surface area contributed by atoms with Crippen LogP contribution in [0.4, 0.5) is 11.4 Å². The molecule has 3 aromatic heterocycles. The average molecular weight is 388 g/mol. The Labute approximate surface area is 166 Å². The molecule has 0 spiro atoms. The van der Waals surface area contributed by atoms with Gasteiger partial charge in [0.15, 0.2) is 0 Å². The van der Waals surface area contributed by atoms with Crippen molar-refractivity contribution in [2.45, 2.75) is 20.8 Å². The van der Waals surface area contributed by atoms with Crippen LogP contribution in [0.1, 0.15) is 28.7 Å². The van der Waals surface area contributed by atoms with Crippen LogP contribution >= 0.6 is 0 Å². The minimum absolute atomic E-state index is 0.122. The van der Waals surface area contributed by atoms with Gasteiger partial charge in [0.05, 0.1) is 17.6 Å². The van der Waals surface area contributed by atoms with E-state index in [0.717, 1.165) is 33.6 Å². The maximum absolute atomic E-state index is 12.5. The molecule has 146 valence electrons. The van der Waals surface area contributed by atoms with Gasteiger partial charge in [-0.2, -0.15) is 5.10 Å². The molecule has 0 atom stereocenters. The molecule has 8 heteroatoms. The molecule has 4 rings (SSSR count). The summed E-state index contributed by atoms with van der Waals surface area (Å²) in [5, 5.41) is 13.3. The number of H-pyrrole nitrogens is 2. The topological polar surface area (TPSA) is 116 Å². The molecule has 8 nitrogen and oxygen atoms in total. The molecule has 1 aromatic carbocycles. The van der Waals surface area contributed by atoms with E-state index in [1.54, 1.807) is 6.20 Å². The Morgan fingerprint density at radius 2 is 1.86 bits per heavy atom. The molecule has 2 amide bonds. The fourth-order valence-corrected chi connectivity index (χ4v) is 3.11. The number of rotatable bonds is 4. The van der Waals surface area contributed by atoms with Crippen LogP contribution in [0.15, 0.2) is 42.6 Å². The van der Waals surface area contributed by atoms with Crippen LogP contribution in [0.25, 0.3) is 22.3 Å². The number of fused-ring (bicyclic) bond motifs is 1. The molecule has 4 N–H and O–H groups in total. The molecular weight excluding hydrogens is 368 g/mol. The van der Waals surface area contributed by atoms with Crippen molar-refractivity contribution in [2.75, 3.05) is 10.6 Å². The predicted octanol–water partition coefficient (Wildman–Crippen LogP) is 3.78. The highest BCUT2D eigenvalue weighted by Gasteiger charge is 2.14. The molecule has 0 aliphatic carbocycles. The van der Waals surface area contributed by atoms with Crippen molar-refractivity contribution in [2.24, 2.45) is 0 Å². The van der Waals surface area contributed by atoms with Crippen molar-refractivity contribution >= 4 is 34.2 Å². The number of aromatic amines is 2. The zero-order chi connectivity index (χ0) is 20.5. The van der Waals surface area contributed by atoms with E-state index in [4.69, 9.17) is 0 Å². The van der Waals surface area contributed by atoms with Crippen molar-refractivity contribution in [3.63, 3.8) is 0 Å². The van der Waals surface area contributed by atoms with E-state index in [0.29, 0.717) is 17.0 Å². The quantitative estimate of drug-likeness (QED) is 0.426. The van der Waals surface area contributed by atoms with Gasteiger partial charge < -0.3 is 15.6 Å². The largest absolute Gasteiger partial charge is 0.339 e. The van der Waals surface area contributed by atoms with E-state index in [9.17, 15) is 9.59 Å². The number of anilines is 2. The number of pyridine rings is 1. The molecular formula is C21H20N6O2. The first-order chi connectivity index (χ1) is 13.9. The standard InChI is InChI=1S/C21H20N6O2/c1-11-12(2)26-27-19(11)21(29)24-17-8-15-9-18(25-20(15)22-10-17)14-5-4-6-16(7-14)23-13(3)28/h4-10H,1-3H3,(H,22,25)(H,23,28)(H,24,29)(H,26,27). The Hall–Kier alpha value is -3.94. The third-order valence-electron chi connectivity index (χ3n) is 4.70. The van der Waals surface area contributed by atoms with Crippen molar-refractivity contribution in [1.29, 1.82) is 0 Å². The normalized spacial score (nSPS) is 10.9. The van der Waals surface area contributed by atoms with Gasteiger partial charge in [-0.3, -0.25) is 14.7 Å². The van der Waals surface area contributed by atoms with Crippen LogP contribution in [-0.2, 0) is 4.79 Å². The predicted molar refractivity (Wildman–Crippen MR) is 112 cm³/mol. The minimum Gasteiger partial charge on any atom is -0.339 e. The summed E-state index contributed by atoms with van der Waals surface area (Å²) in [5.41, 5.74) is 5.85. The number of aromatic nitrogens is 4. The Morgan fingerprint density at radius 1 is 1.03 bits per heavy atom. The summed E-state index contributed by atoms with van der Waals surface area (Å²) in [5.74, 6) is -0.383. The van der Waals surface area contributed by atoms with Crippen LogP contribution in [0, 0.1) is 13.8 Å². The number of nitrogens with one attached hydrogen (secondary N) is 4. The van der Waals surface area contributed by atoms with E-state index in [1.165, 1.54) is 6.92 Å². The van der Waals surface area contributed by atoms with Crippen LogP contribution in [0.5, 0.6) is 0 Å². The summed E-state index contributed by atoms with van der Waals surface area (Å²) in [6.45, 7) is 5.17. The maximum atomic E-state index is 12.5. The lowest BCUT2D eigenvalue weighted by Gasteiger charge is -2.04. The number of hydrogen-bond acceptors (Lipinski definition) is 4. The zero-order valence-electron chi connectivity index (χ0n) is 16.3. The third kappa shape index (κ3) is 3.73. The number of aryl methyl sites for hydroxylation is 1. The van der Waals surface area contributed by atoms with Crippen LogP contribution in [0.3, 0.4) is 0 Å². The van der Waals surface area contributed by atoms with Gasteiger partial charge in [-0.05, 0) is 38.1 Å². The van der Waals surface area contributed by atoms with E-state index in [1.807, 2.05) is 50.2 Å². The third-order valence-corrected chi connectivity index (χ3v) is 4.70. The summed E-state index contributed by atoms with van der Waals surface area (Å²) < 4.78 is 0. The molecule has 0 unspecified atom stereocenters. The van der Waals surface area contributed by atoms with Gasteiger partial charge in [0.1, 0.15) is 11.3 Å². The number of benzene rings is 1. The highest BCUT2D eigenvalue weighted by molar-refractivity contribution is 6.04. The first-order valence-corrected chi connectivity index (χ1v) is 9.10. The molecule has 0 fully saturated rings. The smallest absolute Gasteiger partial charge is 0.273 e. The van der Waals surface area contributed by atoms with Crippen molar-refractivity contribution in [3.05, 3.63) is 59.5 Å². The van der Waals surface area contributed by atoms with Crippen molar-refractivity contribution in [3.8, 4) is 11.3 Å². The molecule has 0 bridgehead atoms. The Balaban J connectivity index is 1.60. The highest BCUT2D eigenvalue weighted by Crippen LogP contribution is 2.27. The molecule has 0 saturated carbocycles. The van der Waals surface area contributed by atoms with Gasteiger partial charge in [-0.15, -0.1) is 0 Å². The maximum Gasteiger partial charge on any atom is 0.273 e. The Kier molecular flexibility index (Phi) is 4.59. The van der Waals surface area contributed by atoms with Gasteiger partial charge in [0, 0.05) is 34.8 Å². The molecule has 0 radical (unpaired) electrons. The summed E-state index contributed by atoms with van der Waals surface area (Å²) in [6, 6.07) is 11.4. The lowest BCUT2D eigenvalue weighted by Crippen LogP contribution is -2.13. The summed E-state index contributed by atoms with van der Waals surface area (Å²) in [7, 11) is 0. The molecule has 4 aromatic rings. The first kappa shape index (κ1) is 18.4. The van der Waals surface area contributed by atoms with Gasteiger partial charge in [0.2, 0.25) is 5.91 Å². The van der Waals surface area contributed by atoms with Gasteiger partial charge in [-0.1, -0.05) is 12.1 Å². The minimum atomic E-state index is -0.261. The number of amides is 2. The van der Waals surface area contributed by atoms with Gasteiger partial charge in [0.25, 0.3) is 5.91 Å². The highest BCUT2D eigenvalue weighted by atomic mass is 16.2. The number of nitrogens with zero attached hydrogens (tertiary/aromatic N) is 2. The van der Waals surface area contributed by atoms with Crippen LogP contribution in [-0.4, -0.2) is 32.0 Å². The fraction of sp³-hybridized carbons (Fsp3) is 0.143. The molecule has 29 heavy (non-hydrogen) atoms. The zero-order valence-corrected chi connectivity index (χ0v) is 16.3. The lowest BCUT2D eigenvalue weighted by atomic mass is 10.1. The number of carbonyl (C=O) groups excluding carboxylic acids is 2. The Morgan fingerprint density at radius 3 is 2.59 bits per heavy atom. The van der Waals surface area contributed by atoms with E-state index in [-0.39, 0.29) is 11.8 Å². The molecule has 0 aliphatic heterocycles. The summed E-state index contributed by atoms with van der Waals surface area (Å²) >= 11 is 0. The van der Waals surface area contributed by atoms with Crippen molar-refractivity contribution in [1.82, 2.24) is 20.2 Å². The monoisotopic (exact) mass is 388 g/mol. The second-order valence-electron chi connectivity index (χ2n) is 6.87. The fourth-order valence-electron chi connectivity index (χ4n) is 3.11. The summed E-state index contributed by atoms with van der Waals surface area (Å²) in [6.07, 6.45) is 1.60. The molecule has 3 heterocycles. The first-order valence-electron chi connectivity index (χ1n) is 9.10. The van der Waals surface area contributed by atoms with E-state index in [2.05, 4.69) is 30.8 Å². The van der Waals surface area contributed by atoms with Gasteiger partial charge in [-0.25, -0.2) is 4.98 Å². The van der Waals surface area contributed by atoms with E-state index >= 15 is 0 Å². The Bertz CT molecular complexity index is 1240. The summed E-state index contributed by atoms with van der Waals surface area (Å²) in [4.78, 5) is 31.4. The van der Waals surface area contributed by atoms with Gasteiger partial charge >= 0.3 is 0 Å². The second kappa shape index (κ2) is 7.23. The number of carbonyl (C=O) groups is 2. The SMILES string of the molecule is CC(=O)Nc1cccc(-c2cc3cc(NC(=O)c4[nH]nc(C)c4C)cnc3[nH]2)c1. The second-order valence-corrected chi connectivity index (χ2v) is 6.87.